The number of imidazole rings is 1. The number of aryl methyl sites for hydroxylation is 1. The van der Waals surface area contributed by atoms with E-state index in [4.69, 9.17) is 0 Å². The number of aromatic nitrogens is 6. The van der Waals surface area contributed by atoms with E-state index < -0.39 is 0 Å². The quantitative estimate of drug-likeness (QED) is 0.582. The molecule has 118 valence electrons. The van der Waals surface area contributed by atoms with Crippen molar-refractivity contribution in [1.29, 1.82) is 0 Å². The number of halogens is 1. The normalized spacial score (nSPS) is 10.9. The zero-order chi connectivity index (χ0) is 16.5. The second-order valence-corrected chi connectivity index (χ2v) is 5.27. The van der Waals surface area contributed by atoms with Gasteiger partial charge in [0.15, 0.2) is 0 Å². The van der Waals surface area contributed by atoms with Crippen LogP contribution in [0.1, 0.15) is 0 Å². The maximum absolute atomic E-state index is 13.2. The van der Waals surface area contributed by atoms with Crippen molar-refractivity contribution in [2.75, 3.05) is 0 Å². The Balaban J connectivity index is 1.79. The van der Waals surface area contributed by atoms with E-state index in [0.717, 1.165) is 17.1 Å². The van der Waals surface area contributed by atoms with Crippen molar-refractivity contribution in [3.05, 3.63) is 67.0 Å². The first-order valence-corrected chi connectivity index (χ1v) is 7.34. The van der Waals surface area contributed by atoms with Crippen molar-refractivity contribution in [3.63, 3.8) is 0 Å². The SMILES string of the molecule is Cn1nnc(-c2ccc(F)cc2)c1-c1cn(-c2ccccn2)cn1. The molecule has 4 aromatic rings. The van der Waals surface area contributed by atoms with Gasteiger partial charge in [0.05, 0.1) is 0 Å². The minimum Gasteiger partial charge on any atom is -0.290 e. The zero-order valence-electron chi connectivity index (χ0n) is 12.8. The van der Waals surface area contributed by atoms with Gasteiger partial charge in [0.25, 0.3) is 0 Å². The fourth-order valence-electron chi connectivity index (χ4n) is 2.52. The first-order chi connectivity index (χ1) is 11.7. The Hall–Kier alpha value is -3.35. The van der Waals surface area contributed by atoms with Crippen LogP contribution in [0.15, 0.2) is 61.2 Å². The molecule has 6 nitrogen and oxygen atoms in total. The summed E-state index contributed by atoms with van der Waals surface area (Å²) in [6, 6.07) is 11.8. The van der Waals surface area contributed by atoms with Gasteiger partial charge in [-0.1, -0.05) is 11.3 Å². The first-order valence-electron chi connectivity index (χ1n) is 7.34. The summed E-state index contributed by atoms with van der Waals surface area (Å²) in [5.41, 5.74) is 2.92. The fourth-order valence-corrected chi connectivity index (χ4v) is 2.52. The first kappa shape index (κ1) is 14.3. The van der Waals surface area contributed by atoms with Crippen LogP contribution in [0.3, 0.4) is 0 Å². The average Bonchev–Trinajstić information content (AvgIpc) is 3.23. The molecule has 0 unspecified atom stereocenters. The number of benzene rings is 1. The van der Waals surface area contributed by atoms with Crippen molar-refractivity contribution in [2.45, 2.75) is 0 Å². The molecule has 0 fully saturated rings. The largest absolute Gasteiger partial charge is 0.290 e. The van der Waals surface area contributed by atoms with Crippen LogP contribution in [0.2, 0.25) is 0 Å². The molecule has 0 aliphatic rings. The van der Waals surface area contributed by atoms with E-state index in [2.05, 4.69) is 20.3 Å². The van der Waals surface area contributed by atoms with Crippen molar-refractivity contribution in [2.24, 2.45) is 7.05 Å². The van der Waals surface area contributed by atoms with Gasteiger partial charge in [0.1, 0.15) is 35.0 Å². The smallest absolute Gasteiger partial charge is 0.137 e. The molecular weight excluding hydrogens is 307 g/mol. The van der Waals surface area contributed by atoms with Gasteiger partial charge in [-0.05, 0) is 36.4 Å². The predicted molar refractivity (Wildman–Crippen MR) is 86.8 cm³/mol. The number of nitrogens with zero attached hydrogens (tertiary/aromatic N) is 6. The summed E-state index contributed by atoms with van der Waals surface area (Å²) in [6.07, 6.45) is 5.29. The fraction of sp³-hybridized carbons (Fsp3) is 0.0588. The Labute approximate surface area is 137 Å². The molecule has 0 amide bonds. The highest BCUT2D eigenvalue weighted by Gasteiger charge is 2.17. The van der Waals surface area contributed by atoms with Crippen LogP contribution in [-0.4, -0.2) is 29.5 Å². The van der Waals surface area contributed by atoms with Crippen LogP contribution in [-0.2, 0) is 7.05 Å². The molecule has 24 heavy (non-hydrogen) atoms. The molecule has 3 heterocycles. The Morgan fingerprint density at radius 2 is 1.83 bits per heavy atom. The minimum absolute atomic E-state index is 0.288. The lowest BCUT2D eigenvalue weighted by atomic mass is 10.1. The monoisotopic (exact) mass is 320 g/mol. The number of hydrogen-bond acceptors (Lipinski definition) is 4. The van der Waals surface area contributed by atoms with Gasteiger partial charge < -0.3 is 0 Å². The lowest BCUT2D eigenvalue weighted by molar-refractivity contribution is 0.628. The van der Waals surface area contributed by atoms with Gasteiger partial charge in [-0.2, -0.15) is 0 Å². The van der Waals surface area contributed by atoms with E-state index in [0.29, 0.717) is 11.4 Å². The topological polar surface area (TPSA) is 61.4 Å². The maximum atomic E-state index is 13.2. The van der Waals surface area contributed by atoms with Gasteiger partial charge in [0, 0.05) is 25.0 Å². The summed E-state index contributed by atoms with van der Waals surface area (Å²) < 4.78 is 16.6. The number of rotatable bonds is 3. The molecule has 0 aliphatic heterocycles. The zero-order valence-corrected chi connectivity index (χ0v) is 12.8. The van der Waals surface area contributed by atoms with E-state index in [1.807, 2.05) is 29.0 Å². The molecular formula is C17H13FN6. The van der Waals surface area contributed by atoms with Crippen LogP contribution < -0.4 is 0 Å². The second-order valence-electron chi connectivity index (χ2n) is 5.27. The highest BCUT2D eigenvalue weighted by molar-refractivity contribution is 5.75. The second kappa shape index (κ2) is 5.69. The molecule has 4 rings (SSSR count). The van der Waals surface area contributed by atoms with E-state index in [-0.39, 0.29) is 5.82 Å². The summed E-state index contributed by atoms with van der Waals surface area (Å²) in [4.78, 5) is 8.75. The van der Waals surface area contributed by atoms with E-state index in [1.165, 1.54) is 12.1 Å². The van der Waals surface area contributed by atoms with Gasteiger partial charge in [-0.25, -0.2) is 19.0 Å². The Morgan fingerprint density at radius 3 is 2.58 bits per heavy atom. The highest BCUT2D eigenvalue weighted by atomic mass is 19.1. The van der Waals surface area contributed by atoms with Gasteiger partial charge in [-0.15, -0.1) is 5.10 Å². The Kier molecular flexibility index (Phi) is 3.38. The van der Waals surface area contributed by atoms with Crippen molar-refractivity contribution in [3.8, 4) is 28.5 Å². The molecule has 3 aromatic heterocycles. The summed E-state index contributed by atoms with van der Waals surface area (Å²) in [5, 5.41) is 8.28. The third kappa shape index (κ3) is 2.45. The molecule has 0 bridgehead atoms. The van der Waals surface area contributed by atoms with Crippen molar-refractivity contribution >= 4 is 0 Å². The molecule has 0 aliphatic carbocycles. The molecule has 0 radical (unpaired) electrons. The molecule has 7 heteroatoms. The van der Waals surface area contributed by atoms with Crippen LogP contribution in [0.5, 0.6) is 0 Å². The predicted octanol–water partition coefficient (Wildman–Crippen LogP) is 2.87. The average molecular weight is 320 g/mol. The standard InChI is InChI=1S/C17H13FN6/c1-23-17(16(21-22-23)12-5-7-13(18)8-6-12)14-10-24(11-20-14)15-4-2-3-9-19-15/h2-11H,1H3. The molecule has 0 spiro atoms. The van der Waals surface area contributed by atoms with Gasteiger partial charge in [0.2, 0.25) is 0 Å². The summed E-state index contributed by atoms with van der Waals surface area (Å²) in [7, 11) is 1.80. The summed E-state index contributed by atoms with van der Waals surface area (Å²) in [6.45, 7) is 0. The molecule has 0 atom stereocenters. The van der Waals surface area contributed by atoms with E-state index >= 15 is 0 Å². The molecule has 1 aromatic carbocycles. The number of pyridine rings is 1. The highest BCUT2D eigenvalue weighted by Crippen LogP contribution is 2.29. The maximum Gasteiger partial charge on any atom is 0.137 e. The minimum atomic E-state index is -0.288. The van der Waals surface area contributed by atoms with Crippen molar-refractivity contribution < 1.29 is 4.39 Å². The Morgan fingerprint density at radius 1 is 1.00 bits per heavy atom. The number of hydrogen-bond donors (Lipinski definition) is 0. The summed E-state index contributed by atoms with van der Waals surface area (Å²) >= 11 is 0. The van der Waals surface area contributed by atoms with Crippen LogP contribution in [0, 0.1) is 5.82 Å². The lowest BCUT2D eigenvalue weighted by Crippen LogP contribution is -1.95. The molecule has 0 saturated carbocycles. The van der Waals surface area contributed by atoms with E-state index in [1.54, 1.807) is 36.4 Å². The van der Waals surface area contributed by atoms with Gasteiger partial charge in [-0.3, -0.25) is 4.57 Å². The van der Waals surface area contributed by atoms with Crippen molar-refractivity contribution in [1.82, 2.24) is 29.5 Å². The Bertz CT molecular complexity index is 972. The van der Waals surface area contributed by atoms with Crippen LogP contribution in [0.4, 0.5) is 4.39 Å². The summed E-state index contributed by atoms with van der Waals surface area (Å²) in [5.74, 6) is 0.485. The van der Waals surface area contributed by atoms with Crippen LogP contribution >= 0.6 is 0 Å². The van der Waals surface area contributed by atoms with Crippen LogP contribution in [0.25, 0.3) is 28.5 Å². The third-order valence-corrected chi connectivity index (χ3v) is 3.68. The molecule has 0 saturated heterocycles. The lowest BCUT2D eigenvalue weighted by Gasteiger charge is -2.02. The molecule has 0 N–H and O–H groups in total. The van der Waals surface area contributed by atoms with E-state index in [9.17, 15) is 4.39 Å². The van der Waals surface area contributed by atoms with Gasteiger partial charge >= 0.3 is 0 Å². The third-order valence-electron chi connectivity index (χ3n) is 3.68.